The third-order valence-electron chi connectivity index (χ3n) is 3.55. The number of benzene rings is 1. The molecule has 106 valence electrons. The molecule has 1 saturated heterocycles. The molecule has 20 heavy (non-hydrogen) atoms. The molecule has 1 aromatic carbocycles. The first-order valence-corrected chi connectivity index (χ1v) is 7.13. The average Bonchev–Trinajstić information content (AvgIpc) is 2.46. The van der Waals surface area contributed by atoms with Gasteiger partial charge in [0.25, 0.3) is 0 Å². The van der Waals surface area contributed by atoms with Crippen molar-refractivity contribution in [2.24, 2.45) is 5.11 Å². The predicted molar refractivity (Wildman–Crippen MR) is 78.5 cm³/mol. The van der Waals surface area contributed by atoms with Gasteiger partial charge >= 0.3 is 0 Å². The van der Waals surface area contributed by atoms with Crippen LogP contribution in [0.1, 0.15) is 24.8 Å². The van der Waals surface area contributed by atoms with Crippen LogP contribution in [0.15, 0.2) is 29.4 Å². The van der Waals surface area contributed by atoms with E-state index in [9.17, 15) is 4.79 Å². The van der Waals surface area contributed by atoms with Gasteiger partial charge in [-0.05, 0) is 42.5 Å². The Morgan fingerprint density at radius 3 is 2.85 bits per heavy atom. The summed E-state index contributed by atoms with van der Waals surface area (Å²) in [5.74, 6) is 0.157. The quantitative estimate of drug-likeness (QED) is 0.475. The molecule has 0 aromatic heterocycles. The van der Waals surface area contributed by atoms with Crippen LogP contribution < -0.4 is 0 Å². The van der Waals surface area contributed by atoms with E-state index in [-0.39, 0.29) is 11.9 Å². The Hall–Kier alpha value is -1.71. The summed E-state index contributed by atoms with van der Waals surface area (Å²) in [5.41, 5.74) is 9.47. The van der Waals surface area contributed by atoms with Crippen LogP contribution >= 0.6 is 11.6 Å². The third-order valence-corrected chi connectivity index (χ3v) is 3.78. The number of likely N-dealkylation sites (tertiary alicyclic amines) is 1. The van der Waals surface area contributed by atoms with E-state index in [4.69, 9.17) is 17.1 Å². The highest BCUT2D eigenvalue weighted by molar-refractivity contribution is 6.30. The molecule has 1 aromatic rings. The van der Waals surface area contributed by atoms with Crippen LogP contribution in [0.3, 0.4) is 0 Å². The summed E-state index contributed by atoms with van der Waals surface area (Å²) in [6, 6.07) is 7.63. The molecule has 5 nitrogen and oxygen atoms in total. The monoisotopic (exact) mass is 292 g/mol. The smallest absolute Gasteiger partial charge is 0.222 e. The molecule has 0 atom stereocenters. The molecule has 0 saturated carbocycles. The number of carbonyl (C=O) groups excluding carboxylic acids is 1. The molecule has 0 bridgehead atoms. The maximum Gasteiger partial charge on any atom is 0.222 e. The van der Waals surface area contributed by atoms with Crippen molar-refractivity contribution >= 4 is 17.5 Å². The Morgan fingerprint density at radius 2 is 2.20 bits per heavy atom. The molecule has 1 amide bonds. The summed E-state index contributed by atoms with van der Waals surface area (Å²) in [4.78, 5) is 16.8. The number of hydrogen-bond acceptors (Lipinski definition) is 2. The molecule has 2 rings (SSSR count). The van der Waals surface area contributed by atoms with E-state index in [1.165, 1.54) is 0 Å². The molecule has 6 heteroatoms. The third kappa shape index (κ3) is 4.15. The van der Waals surface area contributed by atoms with Gasteiger partial charge in [0.05, 0.1) is 0 Å². The van der Waals surface area contributed by atoms with Crippen molar-refractivity contribution < 1.29 is 4.79 Å². The zero-order chi connectivity index (χ0) is 14.4. The lowest BCUT2D eigenvalue weighted by Crippen LogP contribution is -2.39. The van der Waals surface area contributed by atoms with E-state index >= 15 is 0 Å². The van der Waals surface area contributed by atoms with E-state index in [1.807, 2.05) is 29.2 Å². The standard InChI is InChI=1S/C14H17ClN4O/c15-12-3-1-2-11(10-12)4-5-14(20)19-8-6-13(7-9-19)17-18-16/h1-3,10,13H,4-9H2. The minimum absolute atomic E-state index is 0.0389. The van der Waals surface area contributed by atoms with Gasteiger partial charge < -0.3 is 4.90 Å². The number of piperidine rings is 1. The molecule has 0 aliphatic carbocycles. The van der Waals surface area contributed by atoms with Gasteiger partial charge in [0.2, 0.25) is 5.91 Å². The first kappa shape index (κ1) is 14.7. The van der Waals surface area contributed by atoms with E-state index in [0.717, 1.165) is 18.4 Å². The minimum atomic E-state index is 0.0389. The lowest BCUT2D eigenvalue weighted by molar-refractivity contribution is -0.132. The van der Waals surface area contributed by atoms with Crippen molar-refractivity contribution in [2.75, 3.05) is 13.1 Å². The van der Waals surface area contributed by atoms with Crippen molar-refractivity contribution in [3.8, 4) is 0 Å². The van der Waals surface area contributed by atoms with Gasteiger partial charge in [0.1, 0.15) is 0 Å². The molecule has 1 heterocycles. The SMILES string of the molecule is [N-]=[N+]=NC1CCN(C(=O)CCc2cccc(Cl)c2)CC1. The number of amides is 1. The maximum atomic E-state index is 12.1. The van der Waals surface area contributed by atoms with Gasteiger partial charge in [0, 0.05) is 35.5 Å². The van der Waals surface area contributed by atoms with Crippen LogP contribution in [0.2, 0.25) is 5.02 Å². The van der Waals surface area contributed by atoms with Gasteiger partial charge in [-0.2, -0.15) is 0 Å². The molecule has 1 aliphatic rings. The van der Waals surface area contributed by atoms with Gasteiger partial charge in [-0.3, -0.25) is 4.79 Å². The number of azide groups is 1. The van der Waals surface area contributed by atoms with Crippen LogP contribution in [0.5, 0.6) is 0 Å². The molecule has 1 aliphatic heterocycles. The van der Waals surface area contributed by atoms with Crippen molar-refractivity contribution in [3.63, 3.8) is 0 Å². The fraction of sp³-hybridized carbons (Fsp3) is 0.500. The number of aryl methyl sites for hydroxylation is 1. The molecule has 0 radical (unpaired) electrons. The largest absolute Gasteiger partial charge is 0.343 e. The zero-order valence-corrected chi connectivity index (χ0v) is 12.0. The van der Waals surface area contributed by atoms with E-state index in [0.29, 0.717) is 31.0 Å². The van der Waals surface area contributed by atoms with Crippen molar-refractivity contribution in [3.05, 3.63) is 45.3 Å². The van der Waals surface area contributed by atoms with Crippen molar-refractivity contribution in [1.82, 2.24) is 4.90 Å². The van der Waals surface area contributed by atoms with E-state index in [2.05, 4.69) is 10.0 Å². The van der Waals surface area contributed by atoms with E-state index < -0.39 is 0 Å². The Morgan fingerprint density at radius 1 is 1.45 bits per heavy atom. The second kappa shape index (κ2) is 7.17. The molecular weight excluding hydrogens is 276 g/mol. The number of rotatable bonds is 4. The Bertz CT molecular complexity index is 520. The normalized spacial score (nSPS) is 15.8. The Kier molecular flexibility index (Phi) is 5.27. The average molecular weight is 293 g/mol. The number of hydrogen-bond donors (Lipinski definition) is 0. The Labute approximate surface area is 123 Å². The van der Waals surface area contributed by atoms with Crippen LogP contribution in [0.4, 0.5) is 0 Å². The molecule has 0 unspecified atom stereocenters. The van der Waals surface area contributed by atoms with Crippen LogP contribution in [0, 0.1) is 0 Å². The fourth-order valence-electron chi connectivity index (χ4n) is 2.41. The maximum absolute atomic E-state index is 12.1. The number of nitrogens with zero attached hydrogens (tertiary/aromatic N) is 4. The van der Waals surface area contributed by atoms with Crippen molar-refractivity contribution in [1.29, 1.82) is 0 Å². The first-order valence-electron chi connectivity index (χ1n) is 6.75. The molecule has 1 fully saturated rings. The van der Waals surface area contributed by atoms with Crippen molar-refractivity contribution in [2.45, 2.75) is 31.7 Å². The molecule has 0 spiro atoms. The topological polar surface area (TPSA) is 69.1 Å². The lowest BCUT2D eigenvalue weighted by atomic mass is 10.0. The summed E-state index contributed by atoms with van der Waals surface area (Å²) in [7, 11) is 0. The highest BCUT2D eigenvalue weighted by Crippen LogP contribution is 2.16. The van der Waals surface area contributed by atoms with Gasteiger partial charge in [-0.1, -0.05) is 28.8 Å². The highest BCUT2D eigenvalue weighted by atomic mass is 35.5. The van der Waals surface area contributed by atoms with Crippen LogP contribution in [0.25, 0.3) is 10.4 Å². The number of halogens is 1. The fourth-order valence-corrected chi connectivity index (χ4v) is 2.62. The zero-order valence-electron chi connectivity index (χ0n) is 11.2. The Balaban J connectivity index is 1.80. The predicted octanol–water partition coefficient (Wildman–Crippen LogP) is 3.57. The van der Waals surface area contributed by atoms with Gasteiger partial charge in [0.15, 0.2) is 0 Å². The van der Waals surface area contributed by atoms with E-state index in [1.54, 1.807) is 0 Å². The summed E-state index contributed by atoms with van der Waals surface area (Å²) < 4.78 is 0. The minimum Gasteiger partial charge on any atom is -0.343 e. The summed E-state index contributed by atoms with van der Waals surface area (Å²) in [6.07, 6.45) is 2.71. The summed E-state index contributed by atoms with van der Waals surface area (Å²) in [5, 5.41) is 4.41. The highest BCUT2D eigenvalue weighted by Gasteiger charge is 2.21. The number of carbonyl (C=O) groups is 1. The van der Waals surface area contributed by atoms with Crippen LogP contribution in [-0.2, 0) is 11.2 Å². The lowest BCUT2D eigenvalue weighted by Gasteiger charge is -2.30. The van der Waals surface area contributed by atoms with Crippen LogP contribution in [-0.4, -0.2) is 29.9 Å². The molecule has 0 N–H and O–H groups in total. The second-order valence-electron chi connectivity index (χ2n) is 4.95. The van der Waals surface area contributed by atoms with Gasteiger partial charge in [-0.25, -0.2) is 0 Å². The second-order valence-corrected chi connectivity index (χ2v) is 5.38. The molecular formula is C14H17ClN4O. The van der Waals surface area contributed by atoms with Gasteiger partial charge in [-0.15, -0.1) is 0 Å². The summed E-state index contributed by atoms with van der Waals surface area (Å²) in [6.45, 7) is 1.36. The first-order chi connectivity index (χ1) is 9.69. The summed E-state index contributed by atoms with van der Waals surface area (Å²) >= 11 is 5.92.